The van der Waals surface area contributed by atoms with Crippen LogP contribution in [-0.4, -0.2) is 16.1 Å². The number of aliphatic carboxylic acids is 1. The Hall–Kier alpha value is -1.81. The van der Waals surface area contributed by atoms with Crippen LogP contribution >= 0.6 is 11.8 Å². The summed E-state index contributed by atoms with van der Waals surface area (Å²) in [6, 6.07) is 13.1. The molecule has 18 heavy (non-hydrogen) atoms. The van der Waals surface area contributed by atoms with Gasteiger partial charge in [-0.05, 0) is 23.3 Å². The van der Waals surface area contributed by atoms with Crippen molar-refractivity contribution < 1.29 is 9.90 Å². The topological polar surface area (TPSA) is 50.2 Å². The zero-order chi connectivity index (χ0) is 12.8. The van der Waals surface area contributed by atoms with Crippen molar-refractivity contribution in [2.45, 2.75) is 11.0 Å². The monoisotopic (exact) mass is 259 g/mol. The third-order valence-electron chi connectivity index (χ3n) is 2.49. The summed E-state index contributed by atoms with van der Waals surface area (Å²) in [7, 11) is 0. The summed E-state index contributed by atoms with van der Waals surface area (Å²) in [6.45, 7) is 0. The molecule has 0 aliphatic rings. The minimum atomic E-state index is -0.805. The van der Waals surface area contributed by atoms with E-state index in [1.54, 1.807) is 12.4 Å². The molecule has 1 N–H and O–H groups in total. The lowest BCUT2D eigenvalue weighted by atomic mass is 10.1. The van der Waals surface area contributed by atoms with Gasteiger partial charge in [0.05, 0.1) is 0 Å². The largest absolute Gasteiger partial charge is 0.480 e. The molecule has 0 aliphatic carbocycles. The summed E-state index contributed by atoms with van der Waals surface area (Å²) in [6.07, 6.45) is 3.43. The Kier molecular flexibility index (Phi) is 4.36. The highest BCUT2D eigenvalue weighted by Crippen LogP contribution is 2.31. The number of pyridine rings is 1. The van der Waals surface area contributed by atoms with Gasteiger partial charge in [0.2, 0.25) is 0 Å². The lowest BCUT2D eigenvalue weighted by Crippen LogP contribution is -2.08. The van der Waals surface area contributed by atoms with E-state index >= 15 is 0 Å². The first kappa shape index (κ1) is 12.6. The summed E-state index contributed by atoms with van der Waals surface area (Å²) in [4.78, 5) is 15.2. The maximum absolute atomic E-state index is 11.3. The molecule has 0 saturated heterocycles. The Morgan fingerprint density at radius 3 is 2.44 bits per heavy atom. The van der Waals surface area contributed by atoms with Crippen LogP contribution in [-0.2, 0) is 10.5 Å². The fraction of sp³-hybridized carbons (Fsp3) is 0.143. The zero-order valence-corrected chi connectivity index (χ0v) is 10.5. The fourth-order valence-electron chi connectivity index (χ4n) is 1.60. The van der Waals surface area contributed by atoms with Crippen molar-refractivity contribution in [2.24, 2.45) is 0 Å². The van der Waals surface area contributed by atoms with Gasteiger partial charge in [0, 0.05) is 18.1 Å². The van der Waals surface area contributed by atoms with Crippen LogP contribution in [0, 0.1) is 0 Å². The molecule has 0 bridgehead atoms. The van der Waals surface area contributed by atoms with Crippen molar-refractivity contribution in [3.8, 4) is 0 Å². The summed E-state index contributed by atoms with van der Waals surface area (Å²) >= 11 is 1.41. The molecule has 0 spiro atoms. The van der Waals surface area contributed by atoms with Crippen molar-refractivity contribution in [1.29, 1.82) is 0 Å². The predicted molar refractivity (Wildman–Crippen MR) is 72.4 cm³/mol. The minimum Gasteiger partial charge on any atom is -0.480 e. The second-order valence-electron chi connectivity index (χ2n) is 3.80. The number of benzene rings is 1. The van der Waals surface area contributed by atoms with Gasteiger partial charge in [0.25, 0.3) is 0 Å². The van der Waals surface area contributed by atoms with E-state index in [1.165, 1.54) is 11.8 Å². The highest BCUT2D eigenvalue weighted by atomic mass is 32.2. The van der Waals surface area contributed by atoms with E-state index in [0.29, 0.717) is 5.75 Å². The van der Waals surface area contributed by atoms with Gasteiger partial charge < -0.3 is 5.11 Å². The van der Waals surface area contributed by atoms with Gasteiger partial charge in [-0.2, -0.15) is 0 Å². The van der Waals surface area contributed by atoms with Crippen molar-refractivity contribution in [3.05, 3.63) is 66.0 Å². The number of hydrogen-bond acceptors (Lipinski definition) is 3. The first-order valence-electron chi connectivity index (χ1n) is 5.55. The molecule has 92 valence electrons. The number of carboxylic acid groups (broad SMARTS) is 1. The van der Waals surface area contributed by atoms with Gasteiger partial charge in [-0.15, -0.1) is 11.8 Å². The first-order valence-corrected chi connectivity index (χ1v) is 6.60. The Morgan fingerprint density at radius 2 is 1.83 bits per heavy atom. The van der Waals surface area contributed by atoms with Crippen LogP contribution in [0.5, 0.6) is 0 Å². The van der Waals surface area contributed by atoms with Crippen LogP contribution in [0.4, 0.5) is 0 Å². The van der Waals surface area contributed by atoms with Crippen LogP contribution in [0.15, 0.2) is 54.9 Å². The zero-order valence-electron chi connectivity index (χ0n) is 9.69. The van der Waals surface area contributed by atoms with Crippen LogP contribution in [0.25, 0.3) is 0 Å². The Bertz CT molecular complexity index is 502. The Morgan fingerprint density at radius 1 is 1.17 bits per heavy atom. The molecule has 4 heteroatoms. The molecular weight excluding hydrogens is 246 g/mol. The van der Waals surface area contributed by atoms with Crippen LogP contribution in [0.3, 0.4) is 0 Å². The Labute approximate surface area is 110 Å². The Balaban J connectivity index is 2.06. The van der Waals surface area contributed by atoms with Gasteiger partial charge in [0.1, 0.15) is 5.25 Å². The van der Waals surface area contributed by atoms with Crippen LogP contribution in [0.1, 0.15) is 16.4 Å². The van der Waals surface area contributed by atoms with E-state index in [1.807, 2.05) is 42.5 Å². The molecule has 2 aromatic rings. The number of nitrogens with zero attached hydrogens (tertiary/aromatic N) is 1. The molecule has 1 heterocycles. The number of carbonyl (C=O) groups is 1. The third-order valence-corrected chi connectivity index (χ3v) is 3.80. The van der Waals surface area contributed by atoms with Gasteiger partial charge >= 0.3 is 5.97 Å². The molecule has 1 aromatic carbocycles. The van der Waals surface area contributed by atoms with E-state index in [2.05, 4.69) is 4.98 Å². The van der Waals surface area contributed by atoms with E-state index in [4.69, 9.17) is 0 Å². The third kappa shape index (κ3) is 3.34. The molecular formula is C14H13NO2S. The fourth-order valence-corrected chi connectivity index (χ4v) is 2.64. The molecule has 2 rings (SSSR count). The van der Waals surface area contributed by atoms with Crippen molar-refractivity contribution >= 4 is 17.7 Å². The normalized spacial score (nSPS) is 12.0. The van der Waals surface area contributed by atoms with E-state index < -0.39 is 11.2 Å². The highest BCUT2D eigenvalue weighted by Gasteiger charge is 2.19. The molecule has 1 aromatic heterocycles. The first-order chi connectivity index (χ1) is 8.77. The summed E-state index contributed by atoms with van der Waals surface area (Å²) < 4.78 is 0. The van der Waals surface area contributed by atoms with Gasteiger partial charge in [-0.3, -0.25) is 9.78 Å². The SMILES string of the molecule is O=C(O)C(SCc1ccncc1)c1ccccc1. The van der Waals surface area contributed by atoms with Crippen LogP contribution in [0.2, 0.25) is 0 Å². The van der Waals surface area contributed by atoms with Crippen molar-refractivity contribution in [1.82, 2.24) is 4.98 Å². The average molecular weight is 259 g/mol. The second kappa shape index (κ2) is 6.21. The summed E-state index contributed by atoms with van der Waals surface area (Å²) in [5.41, 5.74) is 1.90. The highest BCUT2D eigenvalue weighted by molar-refractivity contribution is 7.99. The van der Waals surface area contributed by atoms with E-state index in [-0.39, 0.29) is 0 Å². The maximum atomic E-state index is 11.3. The number of thioether (sulfide) groups is 1. The molecule has 0 aliphatic heterocycles. The molecule has 3 nitrogen and oxygen atoms in total. The summed E-state index contributed by atoms with van der Waals surface area (Å²) in [5, 5.41) is 8.74. The minimum absolute atomic E-state index is 0.528. The molecule has 0 saturated carbocycles. The average Bonchev–Trinajstić information content (AvgIpc) is 2.41. The van der Waals surface area contributed by atoms with Gasteiger partial charge in [-0.25, -0.2) is 0 Å². The molecule has 1 atom stereocenters. The standard InChI is InChI=1S/C14H13NO2S/c16-14(17)13(12-4-2-1-3-5-12)18-10-11-6-8-15-9-7-11/h1-9,13H,10H2,(H,16,17). The van der Waals surface area contributed by atoms with Gasteiger partial charge in [-0.1, -0.05) is 30.3 Å². The molecule has 1 unspecified atom stereocenters. The quantitative estimate of drug-likeness (QED) is 0.896. The van der Waals surface area contributed by atoms with E-state index in [0.717, 1.165) is 11.1 Å². The van der Waals surface area contributed by atoms with Crippen LogP contribution < -0.4 is 0 Å². The van der Waals surface area contributed by atoms with Crippen molar-refractivity contribution in [2.75, 3.05) is 0 Å². The second-order valence-corrected chi connectivity index (χ2v) is 4.89. The van der Waals surface area contributed by atoms with E-state index in [9.17, 15) is 9.90 Å². The van der Waals surface area contributed by atoms with Crippen molar-refractivity contribution in [3.63, 3.8) is 0 Å². The van der Waals surface area contributed by atoms with Gasteiger partial charge in [0.15, 0.2) is 0 Å². The lowest BCUT2D eigenvalue weighted by Gasteiger charge is -2.12. The molecule has 0 fully saturated rings. The maximum Gasteiger partial charge on any atom is 0.321 e. The number of aromatic nitrogens is 1. The molecule has 0 amide bonds. The number of carboxylic acids is 1. The number of rotatable bonds is 5. The molecule has 0 radical (unpaired) electrons. The predicted octanol–water partition coefficient (Wildman–Crippen LogP) is 3.14. The summed E-state index contributed by atoms with van der Waals surface area (Å²) in [5.74, 6) is -0.144. The number of hydrogen-bond donors (Lipinski definition) is 1. The lowest BCUT2D eigenvalue weighted by molar-refractivity contribution is -0.136. The smallest absolute Gasteiger partial charge is 0.321 e.